The van der Waals surface area contributed by atoms with Crippen LogP contribution in [0.15, 0.2) is 29.3 Å². The van der Waals surface area contributed by atoms with E-state index in [1.165, 1.54) is 24.8 Å². The molecular formula is C24H34N6O2. The van der Waals surface area contributed by atoms with Crippen LogP contribution in [0.25, 0.3) is 0 Å². The smallest absolute Gasteiger partial charge is 0.191 e. The van der Waals surface area contributed by atoms with E-state index in [1.807, 2.05) is 30.7 Å². The molecule has 1 aliphatic heterocycles. The molecule has 1 spiro atoms. The van der Waals surface area contributed by atoms with Crippen molar-refractivity contribution in [3.63, 3.8) is 0 Å². The highest BCUT2D eigenvalue weighted by Gasteiger charge is 2.66. The van der Waals surface area contributed by atoms with Gasteiger partial charge in [0.15, 0.2) is 11.8 Å². The number of hydrogen-bond donors (Lipinski definition) is 2. The summed E-state index contributed by atoms with van der Waals surface area (Å²) < 4.78 is 13.4. The zero-order valence-corrected chi connectivity index (χ0v) is 19.3. The number of aryl methyl sites for hydroxylation is 1. The molecule has 8 nitrogen and oxygen atoms in total. The molecule has 1 aromatic heterocycles. The summed E-state index contributed by atoms with van der Waals surface area (Å²) in [6.07, 6.45) is 6.32. The summed E-state index contributed by atoms with van der Waals surface area (Å²) >= 11 is 0. The molecule has 1 aromatic carbocycles. The van der Waals surface area contributed by atoms with Gasteiger partial charge in [0.25, 0.3) is 0 Å². The van der Waals surface area contributed by atoms with Crippen molar-refractivity contribution in [2.75, 3.05) is 20.3 Å². The van der Waals surface area contributed by atoms with Crippen LogP contribution < -0.4 is 15.4 Å². The predicted octanol–water partition coefficient (Wildman–Crippen LogP) is 2.37. The minimum Gasteiger partial charge on any atom is -0.497 e. The van der Waals surface area contributed by atoms with Crippen molar-refractivity contribution in [2.45, 2.75) is 57.7 Å². The third kappa shape index (κ3) is 3.74. The van der Waals surface area contributed by atoms with Crippen molar-refractivity contribution >= 4 is 5.96 Å². The van der Waals surface area contributed by atoms with Crippen LogP contribution in [-0.4, -0.2) is 53.1 Å². The number of guanidine groups is 1. The van der Waals surface area contributed by atoms with Crippen LogP contribution in [0.2, 0.25) is 0 Å². The van der Waals surface area contributed by atoms with Crippen LogP contribution in [0.4, 0.5) is 0 Å². The first kappa shape index (κ1) is 21.2. The molecule has 3 atom stereocenters. The summed E-state index contributed by atoms with van der Waals surface area (Å²) in [7, 11) is 3.68. The van der Waals surface area contributed by atoms with Gasteiger partial charge in [-0.05, 0) is 50.3 Å². The Morgan fingerprint density at radius 2 is 2.09 bits per heavy atom. The summed E-state index contributed by atoms with van der Waals surface area (Å²) in [6, 6.07) is 8.69. The van der Waals surface area contributed by atoms with Gasteiger partial charge in [-0.15, -0.1) is 10.2 Å². The summed E-state index contributed by atoms with van der Waals surface area (Å²) in [5, 5.41) is 15.8. The van der Waals surface area contributed by atoms with E-state index in [9.17, 15) is 0 Å². The van der Waals surface area contributed by atoms with E-state index >= 15 is 0 Å². The highest BCUT2D eigenvalue weighted by Crippen LogP contribution is 2.62. The van der Waals surface area contributed by atoms with Crippen molar-refractivity contribution < 1.29 is 9.47 Å². The molecule has 2 aliphatic carbocycles. The molecule has 172 valence electrons. The minimum absolute atomic E-state index is 0.307. The first-order chi connectivity index (χ1) is 15.6. The van der Waals surface area contributed by atoms with Gasteiger partial charge < -0.3 is 24.7 Å². The number of aromatic nitrogens is 3. The van der Waals surface area contributed by atoms with E-state index in [0.717, 1.165) is 49.4 Å². The maximum absolute atomic E-state index is 6.09. The lowest BCUT2D eigenvalue weighted by Crippen LogP contribution is -2.72. The molecule has 8 heteroatoms. The van der Waals surface area contributed by atoms with E-state index in [1.54, 1.807) is 7.11 Å². The van der Waals surface area contributed by atoms with E-state index < -0.39 is 0 Å². The zero-order chi connectivity index (χ0) is 22.1. The summed E-state index contributed by atoms with van der Waals surface area (Å²) in [5.74, 6) is 4.11. The fraction of sp³-hybridized carbons (Fsp3) is 0.625. The first-order valence-corrected chi connectivity index (χ1v) is 11.7. The number of fused-ring (bicyclic) bond motifs is 2. The van der Waals surface area contributed by atoms with Crippen LogP contribution in [0, 0.1) is 18.3 Å². The molecule has 0 radical (unpaired) electrons. The lowest BCUT2D eigenvalue weighted by Gasteiger charge is -2.63. The van der Waals surface area contributed by atoms with E-state index in [2.05, 4.69) is 33.0 Å². The third-order valence-corrected chi connectivity index (χ3v) is 7.75. The SMILES string of the molecule is COc1ccc(CCNC(=NCc2nnc(C)n2C)NC2C3CCOC3C23CCC3)cc1. The van der Waals surface area contributed by atoms with Crippen molar-refractivity contribution in [1.82, 2.24) is 25.4 Å². The Morgan fingerprint density at radius 1 is 1.28 bits per heavy atom. The Kier molecular flexibility index (Phi) is 5.80. The zero-order valence-electron chi connectivity index (χ0n) is 19.3. The molecule has 2 saturated carbocycles. The molecule has 3 aliphatic rings. The van der Waals surface area contributed by atoms with Gasteiger partial charge in [0.2, 0.25) is 0 Å². The largest absolute Gasteiger partial charge is 0.497 e. The quantitative estimate of drug-likeness (QED) is 0.510. The second-order valence-corrected chi connectivity index (χ2v) is 9.36. The fourth-order valence-corrected chi connectivity index (χ4v) is 5.61. The average molecular weight is 439 g/mol. The molecule has 2 heterocycles. The molecule has 5 rings (SSSR count). The molecule has 0 amide bonds. The van der Waals surface area contributed by atoms with Gasteiger partial charge in [-0.1, -0.05) is 18.6 Å². The topological polar surface area (TPSA) is 85.6 Å². The summed E-state index contributed by atoms with van der Waals surface area (Å²) in [5.41, 5.74) is 1.57. The third-order valence-electron chi connectivity index (χ3n) is 7.75. The second-order valence-electron chi connectivity index (χ2n) is 9.36. The van der Waals surface area contributed by atoms with Gasteiger partial charge in [-0.25, -0.2) is 4.99 Å². The molecule has 1 saturated heterocycles. The lowest BCUT2D eigenvalue weighted by atomic mass is 9.46. The van der Waals surface area contributed by atoms with E-state index in [0.29, 0.717) is 30.0 Å². The summed E-state index contributed by atoms with van der Waals surface area (Å²) in [4.78, 5) is 4.90. The van der Waals surface area contributed by atoms with Crippen LogP contribution >= 0.6 is 0 Å². The molecular weight excluding hydrogens is 404 g/mol. The maximum atomic E-state index is 6.09. The van der Waals surface area contributed by atoms with Gasteiger partial charge in [0, 0.05) is 37.6 Å². The average Bonchev–Trinajstić information content (AvgIpc) is 3.33. The van der Waals surface area contributed by atoms with Crippen molar-refractivity contribution in [1.29, 1.82) is 0 Å². The van der Waals surface area contributed by atoms with Gasteiger partial charge in [0.1, 0.15) is 18.1 Å². The Labute approximate surface area is 189 Å². The van der Waals surface area contributed by atoms with Gasteiger partial charge >= 0.3 is 0 Å². The lowest BCUT2D eigenvalue weighted by molar-refractivity contribution is -0.171. The number of methoxy groups -OCH3 is 1. The molecule has 32 heavy (non-hydrogen) atoms. The molecule has 2 aromatic rings. The van der Waals surface area contributed by atoms with Crippen LogP contribution in [-0.2, 0) is 24.8 Å². The van der Waals surface area contributed by atoms with Crippen molar-refractivity contribution in [3.8, 4) is 5.75 Å². The van der Waals surface area contributed by atoms with Crippen molar-refractivity contribution in [2.24, 2.45) is 23.4 Å². The number of nitrogens with zero attached hydrogens (tertiary/aromatic N) is 4. The van der Waals surface area contributed by atoms with Gasteiger partial charge in [-0.3, -0.25) is 0 Å². The number of rotatable bonds is 7. The molecule has 3 unspecified atom stereocenters. The molecule has 0 bridgehead atoms. The number of benzene rings is 1. The Bertz CT molecular complexity index is 965. The van der Waals surface area contributed by atoms with Gasteiger partial charge in [-0.2, -0.15) is 0 Å². The Balaban J connectivity index is 1.27. The highest BCUT2D eigenvalue weighted by atomic mass is 16.5. The number of nitrogens with one attached hydrogen (secondary N) is 2. The Hall–Kier alpha value is -2.61. The van der Waals surface area contributed by atoms with Gasteiger partial charge in [0.05, 0.1) is 13.2 Å². The highest BCUT2D eigenvalue weighted by molar-refractivity contribution is 5.80. The number of aliphatic imine (C=N–C) groups is 1. The van der Waals surface area contributed by atoms with Crippen molar-refractivity contribution in [3.05, 3.63) is 41.5 Å². The monoisotopic (exact) mass is 438 g/mol. The maximum Gasteiger partial charge on any atom is 0.191 e. The van der Waals surface area contributed by atoms with Crippen LogP contribution in [0.3, 0.4) is 0 Å². The number of ether oxygens (including phenoxy) is 2. The summed E-state index contributed by atoms with van der Waals surface area (Å²) in [6.45, 7) is 4.16. The molecule has 3 fully saturated rings. The van der Waals surface area contributed by atoms with Crippen LogP contribution in [0.1, 0.15) is 42.9 Å². The standard InChI is InChI=1S/C24H34N6O2/c1-16-28-29-20(30(16)2)15-26-23(25-13-9-17-5-7-18(31-3)8-6-17)27-21-19-10-14-32-22(19)24(21)11-4-12-24/h5-8,19,21-22H,4,9-15H2,1-3H3,(H2,25,26,27). The molecule has 2 N–H and O–H groups in total. The fourth-order valence-electron chi connectivity index (χ4n) is 5.61. The number of hydrogen-bond acceptors (Lipinski definition) is 5. The van der Waals surface area contributed by atoms with E-state index in [-0.39, 0.29) is 0 Å². The predicted molar refractivity (Wildman–Crippen MR) is 123 cm³/mol. The second kappa shape index (κ2) is 8.73. The minimum atomic E-state index is 0.307. The normalized spacial score (nSPS) is 25.7. The first-order valence-electron chi connectivity index (χ1n) is 11.7. The van der Waals surface area contributed by atoms with E-state index in [4.69, 9.17) is 14.5 Å². The Morgan fingerprint density at radius 3 is 2.75 bits per heavy atom. The van der Waals surface area contributed by atoms with Crippen LogP contribution in [0.5, 0.6) is 5.75 Å².